The van der Waals surface area contributed by atoms with E-state index in [4.69, 9.17) is 16.3 Å². The Bertz CT molecular complexity index is 472. The summed E-state index contributed by atoms with van der Waals surface area (Å²) in [6, 6.07) is 3.80. The van der Waals surface area contributed by atoms with E-state index in [9.17, 15) is 13.2 Å². The van der Waals surface area contributed by atoms with Crippen LogP contribution in [0.3, 0.4) is 0 Å². The molecule has 21 heavy (non-hydrogen) atoms. The minimum absolute atomic E-state index is 0.0664. The molecule has 1 unspecified atom stereocenters. The standard InChI is InChI=1S/C15H19ClF3NO/c1-2-20(9-11-5-6-21-10-11)14-4-3-13(15(17,18)19)7-12(14)8-16/h3-4,7,11H,2,5-6,8-10H2,1H3. The second-order valence-electron chi connectivity index (χ2n) is 5.24. The number of nitrogens with zero attached hydrogens (tertiary/aromatic N) is 1. The highest BCUT2D eigenvalue weighted by molar-refractivity contribution is 6.17. The van der Waals surface area contributed by atoms with Gasteiger partial charge in [-0.1, -0.05) is 0 Å². The van der Waals surface area contributed by atoms with E-state index < -0.39 is 11.7 Å². The third-order valence-electron chi connectivity index (χ3n) is 3.78. The lowest BCUT2D eigenvalue weighted by Crippen LogP contribution is -2.30. The van der Waals surface area contributed by atoms with Crippen LogP contribution in [0.5, 0.6) is 0 Å². The van der Waals surface area contributed by atoms with Gasteiger partial charge in [0.1, 0.15) is 0 Å². The number of rotatable bonds is 5. The predicted octanol–water partition coefficient (Wildman–Crippen LogP) is 4.31. The molecule has 1 aromatic carbocycles. The van der Waals surface area contributed by atoms with Crippen molar-refractivity contribution >= 4 is 17.3 Å². The molecule has 0 saturated carbocycles. The van der Waals surface area contributed by atoms with Crippen molar-refractivity contribution in [2.24, 2.45) is 5.92 Å². The van der Waals surface area contributed by atoms with Crippen LogP contribution in [0.4, 0.5) is 18.9 Å². The molecule has 0 N–H and O–H groups in total. The Labute approximate surface area is 127 Å². The number of ether oxygens (including phenoxy) is 1. The van der Waals surface area contributed by atoms with Crippen LogP contribution in [0.25, 0.3) is 0 Å². The molecule has 0 bridgehead atoms. The van der Waals surface area contributed by atoms with Crippen LogP contribution in [-0.4, -0.2) is 26.3 Å². The lowest BCUT2D eigenvalue weighted by Gasteiger charge is -2.28. The average Bonchev–Trinajstić information content (AvgIpc) is 2.96. The summed E-state index contributed by atoms with van der Waals surface area (Å²) in [6.45, 7) is 4.98. The molecule has 1 atom stereocenters. The van der Waals surface area contributed by atoms with E-state index in [1.54, 1.807) is 0 Å². The normalized spacial score (nSPS) is 19.0. The Morgan fingerprint density at radius 2 is 2.14 bits per heavy atom. The Morgan fingerprint density at radius 3 is 2.67 bits per heavy atom. The summed E-state index contributed by atoms with van der Waals surface area (Å²) in [7, 11) is 0. The first kappa shape index (κ1) is 16.4. The number of benzene rings is 1. The van der Waals surface area contributed by atoms with E-state index in [-0.39, 0.29) is 5.88 Å². The van der Waals surface area contributed by atoms with Crippen molar-refractivity contribution in [3.05, 3.63) is 29.3 Å². The van der Waals surface area contributed by atoms with Gasteiger partial charge in [-0.25, -0.2) is 0 Å². The van der Waals surface area contributed by atoms with E-state index in [1.807, 2.05) is 6.92 Å². The van der Waals surface area contributed by atoms with Gasteiger partial charge in [0.25, 0.3) is 0 Å². The summed E-state index contributed by atoms with van der Waals surface area (Å²) in [5.41, 5.74) is 0.654. The van der Waals surface area contributed by atoms with Gasteiger partial charge in [-0.15, -0.1) is 11.6 Å². The second kappa shape index (κ2) is 6.88. The maximum Gasteiger partial charge on any atom is 0.416 e. The molecule has 0 aliphatic carbocycles. The number of hydrogen-bond acceptors (Lipinski definition) is 2. The summed E-state index contributed by atoms with van der Waals surface area (Å²) < 4.78 is 43.7. The Hall–Kier alpha value is -0.940. The first-order chi connectivity index (χ1) is 9.95. The molecule has 0 amide bonds. The molecule has 1 aromatic rings. The molecule has 1 aliphatic rings. The fourth-order valence-electron chi connectivity index (χ4n) is 2.61. The van der Waals surface area contributed by atoms with Crippen molar-refractivity contribution in [1.29, 1.82) is 0 Å². The number of anilines is 1. The summed E-state index contributed by atoms with van der Waals surface area (Å²) in [5.74, 6) is 0.493. The molecule has 0 spiro atoms. The zero-order valence-corrected chi connectivity index (χ0v) is 12.7. The molecule has 2 nitrogen and oxygen atoms in total. The van der Waals surface area contributed by atoms with Gasteiger partial charge in [0.15, 0.2) is 0 Å². The number of hydrogen-bond donors (Lipinski definition) is 0. The molecule has 2 rings (SSSR count). The van der Waals surface area contributed by atoms with Crippen LogP contribution in [0.1, 0.15) is 24.5 Å². The van der Waals surface area contributed by atoms with Crippen molar-refractivity contribution in [3.63, 3.8) is 0 Å². The van der Waals surface area contributed by atoms with Gasteiger partial charge in [-0.2, -0.15) is 13.2 Å². The molecule has 6 heteroatoms. The molecule has 1 aliphatic heterocycles. The smallest absolute Gasteiger partial charge is 0.381 e. The highest BCUT2D eigenvalue weighted by Crippen LogP contribution is 2.34. The van der Waals surface area contributed by atoms with E-state index in [1.165, 1.54) is 6.07 Å². The predicted molar refractivity (Wildman–Crippen MR) is 77.8 cm³/mol. The molecular weight excluding hydrogens is 303 g/mol. The molecule has 118 valence electrons. The summed E-state index contributed by atoms with van der Waals surface area (Å²) in [6.07, 6.45) is -3.34. The van der Waals surface area contributed by atoms with Gasteiger partial charge in [0, 0.05) is 37.2 Å². The largest absolute Gasteiger partial charge is 0.416 e. The maximum absolute atomic E-state index is 12.8. The monoisotopic (exact) mass is 321 g/mol. The maximum atomic E-state index is 12.8. The topological polar surface area (TPSA) is 12.5 Å². The molecule has 1 fully saturated rings. The Kier molecular flexibility index (Phi) is 5.38. The van der Waals surface area contributed by atoms with Gasteiger partial charge >= 0.3 is 6.18 Å². The Balaban J connectivity index is 2.23. The van der Waals surface area contributed by atoms with Gasteiger partial charge in [-0.3, -0.25) is 0 Å². The van der Waals surface area contributed by atoms with Gasteiger partial charge in [0.05, 0.1) is 12.2 Å². The van der Waals surface area contributed by atoms with Crippen LogP contribution in [-0.2, 0) is 16.8 Å². The zero-order valence-electron chi connectivity index (χ0n) is 11.9. The van der Waals surface area contributed by atoms with E-state index in [2.05, 4.69) is 4.90 Å². The Morgan fingerprint density at radius 1 is 1.38 bits per heavy atom. The summed E-state index contributed by atoms with van der Waals surface area (Å²) >= 11 is 5.85. The third kappa shape index (κ3) is 4.04. The fraction of sp³-hybridized carbons (Fsp3) is 0.600. The van der Waals surface area contributed by atoms with Crippen molar-refractivity contribution < 1.29 is 17.9 Å². The van der Waals surface area contributed by atoms with E-state index >= 15 is 0 Å². The van der Waals surface area contributed by atoms with Gasteiger partial charge in [-0.05, 0) is 37.1 Å². The summed E-state index contributed by atoms with van der Waals surface area (Å²) in [5, 5.41) is 0. The first-order valence-electron chi connectivity index (χ1n) is 7.04. The molecule has 0 radical (unpaired) electrons. The van der Waals surface area contributed by atoms with Gasteiger partial charge in [0.2, 0.25) is 0 Å². The third-order valence-corrected chi connectivity index (χ3v) is 4.06. The highest BCUT2D eigenvalue weighted by atomic mass is 35.5. The quantitative estimate of drug-likeness (QED) is 0.749. The van der Waals surface area contributed by atoms with Crippen molar-refractivity contribution in [2.75, 3.05) is 31.2 Å². The zero-order chi connectivity index (χ0) is 15.5. The molecule has 1 saturated heterocycles. The van der Waals surface area contributed by atoms with E-state index in [0.717, 1.165) is 43.9 Å². The summed E-state index contributed by atoms with van der Waals surface area (Å²) in [4.78, 5) is 2.08. The van der Waals surface area contributed by atoms with Crippen LogP contribution < -0.4 is 4.90 Å². The fourth-order valence-corrected chi connectivity index (χ4v) is 2.83. The van der Waals surface area contributed by atoms with Crippen molar-refractivity contribution in [3.8, 4) is 0 Å². The molecule has 1 heterocycles. The number of alkyl halides is 4. The highest BCUT2D eigenvalue weighted by Gasteiger charge is 2.31. The minimum atomic E-state index is -4.34. The molecular formula is C15H19ClF3NO. The lowest BCUT2D eigenvalue weighted by atomic mass is 10.1. The van der Waals surface area contributed by atoms with Crippen LogP contribution in [0.2, 0.25) is 0 Å². The van der Waals surface area contributed by atoms with Crippen LogP contribution in [0, 0.1) is 5.92 Å². The van der Waals surface area contributed by atoms with E-state index in [0.29, 0.717) is 18.1 Å². The van der Waals surface area contributed by atoms with Crippen molar-refractivity contribution in [1.82, 2.24) is 0 Å². The number of halogens is 4. The van der Waals surface area contributed by atoms with Crippen LogP contribution in [0.15, 0.2) is 18.2 Å². The lowest BCUT2D eigenvalue weighted by molar-refractivity contribution is -0.137. The first-order valence-corrected chi connectivity index (χ1v) is 7.58. The average molecular weight is 322 g/mol. The van der Waals surface area contributed by atoms with Crippen molar-refractivity contribution in [2.45, 2.75) is 25.4 Å². The van der Waals surface area contributed by atoms with Gasteiger partial charge < -0.3 is 9.64 Å². The SMILES string of the molecule is CCN(CC1CCOC1)c1ccc(C(F)(F)F)cc1CCl. The van der Waals surface area contributed by atoms with Crippen LogP contribution >= 0.6 is 11.6 Å². The molecule has 0 aromatic heterocycles. The minimum Gasteiger partial charge on any atom is -0.381 e. The second-order valence-corrected chi connectivity index (χ2v) is 5.51.